The van der Waals surface area contributed by atoms with E-state index in [0.29, 0.717) is 0 Å². The molecule has 0 aromatic heterocycles. The number of rotatable bonds is 2. The number of ether oxygens (including phenoxy) is 1. The molecule has 1 saturated heterocycles. The van der Waals surface area contributed by atoms with E-state index in [0.717, 1.165) is 25.8 Å². The van der Waals surface area contributed by atoms with Crippen molar-refractivity contribution in [2.24, 2.45) is 0 Å². The molecule has 0 aliphatic carbocycles. The second-order valence-electron chi connectivity index (χ2n) is 6.27. The Morgan fingerprint density at radius 2 is 1.57 bits per heavy atom. The number of hydrogen-bond acceptors (Lipinski definition) is 2. The van der Waals surface area contributed by atoms with Gasteiger partial charge in [0, 0.05) is 12.6 Å². The number of methoxy groups -OCH3 is 1. The molecule has 0 spiro atoms. The van der Waals surface area contributed by atoms with Gasteiger partial charge >= 0.3 is 6.09 Å². The van der Waals surface area contributed by atoms with Crippen LogP contribution in [0.15, 0.2) is 0 Å². The summed E-state index contributed by atoms with van der Waals surface area (Å²) < 4.78 is 4.92. The molecule has 116 valence electrons. The normalized spacial score (nSPS) is 18.2. The van der Waals surface area contributed by atoms with Gasteiger partial charge in [-0.05, 0) is 87.3 Å². The van der Waals surface area contributed by atoms with E-state index in [1.54, 1.807) is 0 Å². The van der Waals surface area contributed by atoms with Gasteiger partial charge in [-0.25, -0.2) is 4.79 Å². The lowest BCUT2D eigenvalue weighted by atomic mass is 9.86. The maximum absolute atomic E-state index is 11.9. The molecule has 3 heteroatoms. The third-order valence-corrected chi connectivity index (χ3v) is 5.38. The first-order chi connectivity index (χ1) is 9.88. The summed E-state index contributed by atoms with van der Waals surface area (Å²) in [5.41, 5.74) is 8.34. The molecule has 3 nitrogen and oxygen atoms in total. The molecule has 1 unspecified atom stereocenters. The smallest absolute Gasteiger partial charge is 0.409 e. The van der Waals surface area contributed by atoms with Crippen LogP contribution in [0, 0.1) is 34.6 Å². The van der Waals surface area contributed by atoms with Crippen molar-refractivity contribution in [1.29, 1.82) is 0 Å². The average molecular weight is 289 g/mol. The number of hydrogen-bond donors (Lipinski definition) is 0. The quantitative estimate of drug-likeness (QED) is 0.823. The van der Waals surface area contributed by atoms with E-state index in [9.17, 15) is 4.79 Å². The molecule has 1 atom stereocenters. The van der Waals surface area contributed by atoms with Crippen molar-refractivity contribution in [3.63, 3.8) is 0 Å². The minimum absolute atomic E-state index is 0.187. The van der Waals surface area contributed by atoms with Crippen LogP contribution in [0.2, 0.25) is 0 Å². The summed E-state index contributed by atoms with van der Waals surface area (Å²) in [6, 6.07) is 0.274. The van der Waals surface area contributed by atoms with Gasteiger partial charge in [0.2, 0.25) is 0 Å². The van der Waals surface area contributed by atoms with E-state index < -0.39 is 0 Å². The van der Waals surface area contributed by atoms with Gasteiger partial charge in [0.25, 0.3) is 0 Å². The van der Waals surface area contributed by atoms with Crippen molar-refractivity contribution in [2.75, 3.05) is 13.7 Å². The molecule has 2 rings (SSSR count). The molecular formula is C18H27NO2. The van der Waals surface area contributed by atoms with Crippen molar-refractivity contribution in [2.45, 2.75) is 59.9 Å². The minimum atomic E-state index is -0.187. The fraction of sp³-hybridized carbons (Fsp3) is 0.611. The molecule has 1 aliphatic heterocycles. The van der Waals surface area contributed by atoms with E-state index >= 15 is 0 Å². The van der Waals surface area contributed by atoms with Crippen molar-refractivity contribution in [1.82, 2.24) is 4.90 Å². The highest BCUT2D eigenvalue weighted by molar-refractivity contribution is 5.68. The first-order valence-electron chi connectivity index (χ1n) is 7.78. The Balaban J connectivity index is 2.34. The second-order valence-corrected chi connectivity index (χ2v) is 6.27. The molecule has 0 radical (unpaired) electrons. The van der Waals surface area contributed by atoms with Crippen molar-refractivity contribution < 1.29 is 9.53 Å². The average Bonchev–Trinajstić information content (AvgIpc) is 2.95. The Morgan fingerprint density at radius 1 is 1.05 bits per heavy atom. The van der Waals surface area contributed by atoms with Crippen molar-refractivity contribution in [3.8, 4) is 0 Å². The largest absolute Gasteiger partial charge is 0.453 e. The molecule has 0 saturated carbocycles. The van der Waals surface area contributed by atoms with Crippen LogP contribution in [0.25, 0.3) is 0 Å². The van der Waals surface area contributed by atoms with Crippen LogP contribution >= 0.6 is 0 Å². The summed E-state index contributed by atoms with van der Waals surface area (Å²) in [6.45, 7) is 11.8. The maximum atomic E-state index is 11.9. The van der Waals surface area contributed by atoms with E-state index in [4.69, 9.17) is 4.74 Å². The molecule has 1 heterocycles. The molecule has 1 amide bonds. The van der Waals surface area contributed by atoms with Crippen molar-refractivity contribution in [3.05, 3.63) is 33.4 Å². The van der Waals surface area contributed by atoms with Gasteiger partial charge in [-0.3, -0.25) is 0 Å². The van der Waals surface area contributed by atoms with Crippen LogP contribution in [0.3, 0.4) is 0 Å². The van der Waals surface area contributed by atoms with E-state index in [-0.39, 0.29) is 12.1 Å². The zero-order valence-electron chi connectivity index (χ0n) is 14.2. The fourth-order valence-corrected chi connectivity index (χ4v) is 3.53. The third-order valence-electron chi connectivity index (χ3n) is 5.38. The monoisotopic (exact) mass is 289 g/mol. The molecular weight excluding hydrogens is 262 g/mol. The van der Waals surface area contributed by atoms with Gasteiger partial charge in [-0.15, -0.1) is 0 Å². The summed E-state index contributed by atoms with van der Waals surface area (Å²) in [4.78, 5) is 13.8. The molecule has 1 aromatic carbocycles. The fourth-order valence-electron chi connectivity index (χ4n) is 3.53. The zero-order chi connectivity index (χ0) is 15.7. The van der Waals surface area contributed by atoms with Crippen LogP contribution < -0.4 is 0 Å². The number of carbonyl (C=O) groups excluding carboxylic acids is 1. The number of benzene rings is 1. The summed E-state index contributed by atoms with van der Waals surface area (Å²) in [6.07, 6.45) is 2.89. The Bertz CT molecular complexity index is 534. The Morgan fingerprint density at radius 3 is 2.10 bits per heavy atom. The van der Waals surface area contributed by atoms with E-state index in [1.807, 2.05) is 4.90 Å². The van der Waals surface area contributed by atoms with Gasteiger partial charge in [-0.1, -0.05) is 0 Å². The van der Waals surface area contributed by atoms with Crippen LogP contribution in [-0.4, -0.2) is 30.7 Å². The lowest BCUT2D eigenvalue weighted by Crippen LogP contribution is -2.37. The van der Waals surface area contributed by atoms with Gasteiger partial charge in [0.05, 0.1) is 7.11 Å². The van der Waals surface area contributed by atoms with Crippen LogP contribution in [0.4, 0.5) is 4.79 Å². The summed E-state index contributed by atoms with van der Waals surface area (Å²) in [5.74, 6) is 0. The molecule has 1 aromatic rings. The standard InChI is InChI=1S/C18H27NO2/c1-11-12(2)14(4)17(15(5)13(11)3)10-16-8-7-9-19(16)18(20)21-6/h16H,7-10H2,1-6H3. The third kappa shape index (κ3) is 2.78. The molecule has 1 fully saturated rings. The number of nitrogens with zero attached hydrogens (tertiary/aromatic N) is 1. The van der Waals surface area contributed by atoms with E-state index in [1.165, 1.54) is 40.5 Å². The summed E-state index contributed by atoms with van der Waals surface area (Å²) >= 11 is 0. The molecule has 21 heavy (non-hydrogen) atoms. The summed E-state index contributed by atoms with van der Waals surface area (Å²) in [5, 5.41) is 0. The van der Waals surface area contributed by atoms with Gasteiger partial charge in [0.15, 0.2) is 0 Å². The predicted molar refractivity (Wildman–Crippen MR) is 86.0 cm³/mol. The maximum Gasteiger partial charge on any atom is 0.409 e. The summed E-state index contributed by atoms with van der Waals surface area (Å²) in [7, 11) is 1.47. The van der Waals surface area contributed by atoms with E-state index in [2.05, 4.69) is 34.6 Å². The van der Waals surface area contributed by atoms with Gasteiger partial charge in [-0.2, -0.15) is 0 Å². The van der Waals surface area contributed by atoms with Crippen LogP contribution in [0.1, 0.15) is 46.2 Å². The minimum Gasteiger partial charge on any atom is -0.453 e. The number of amides is 1. The van der Waals surface area contributed by atoms with Gasteiger partial charge < -0.3 is 9.64 Å². The highest BCUT2D eigenvalue weighted by Gasteiger charge is 2.30. The predicted octanol–water partition coefficient (Wildman–Crippen LogP) is 4.00. The number of likely N-dealkylation sites (tertiary alicyclic amines) is 1. The van der Waals surface area contributed by atoms with Crippen molar-refractivity contribution >= 4 is 6.09 Å². The lowest BCUT2D eigenvalue weighted by Gasteiger charge is -2.26. The highest BCUT2D eigenvalue weighted by Crippen LogP contribution is 2.30. The van der Waals surface area contributed by atoms with Crippen LogP contribution in [0.5, 0.6) is 0 Å². The first-order valence-corrected chi connectivity index (χ1v) is 7.78. The topological polar surface area (TPSA) is 29.5 Å². The highest BCUT2D eigenvalue weighted by atomic mass is 16.5. The lowest BCUT2D eigenvalue weighted by molar-refractivity contribution is 0.119. The Hall–Kier alpha value is -1.51. The number of carbonyl (C=O) groups is 1. The Labute approximate surface area is 128 Å². The second kappa shape index (κ2) is 6.08. The molecule has 0 bridgehead atoms. The first kappa shape index (κ1) is 15.9. The molecule has 0 N–H and O–H groups in total. The Kier molecular flexibility index (Phi) is 4.60. The molecule has 1 aliphatic rings. The SMILES string of the molecule is COC(=O)N1CCCC1Cc1c(C)c(C)c(C)c(C)c1C. The van der Waals surface area contributed by atoms with Gasteiger partial charge in [0.1, 0.15) is 0 Å². The zero-order valence-corrected chi connectivity index (χ0v) is 14.2. The van der Waals surface area contributed by atoms with Crippen LogP contribution in [-0.2, 0) is 11.2 Å².